The number of halogens is 1. The molecule has 2 unspecified atom stereocenters. The molecule has 1 aromatic heterocycles. The van der Waals surface area contributed by atoms with Crippen LogP contribution in [-0.4, -0.2) is 44.9 Å². The summed E-state index contributed by atoms with van der Waals surface area (Å²) in [5.74, 6) is -0.175. The Hall–Kier alpha value is -0.670. The van der Waals surface area contributed by atoms with Gasteiger partial charge < -0.3 is 10.5 Å². The fourth-order valence-electron chi connectivity index (χ4n) is 2.63. The Labute approximate surface area is 141 Å². The van der Waals surface area contributed by atoms with Gasteiger partial charge in [-0.25, -0.2) is 13.2 Å². The maximum absolute atomic E-state index is 12.8. The van der Waals surface area contributed by atoms with E-state index >= 15 is 0 Å². The Kier molecular flexibility index (Phi) is 6.82. The molecule has 2 rings (SSSR count). The standard InChI is InChI=1S/C13H20N2O4S2.ClH/c1-9-3-5-15(10(7-9)8-14)21(17,18)11-4-6-20-12(11)13(16)19-2;/h4,6,9-10H,3,5,7-8,14H2,1-2H3;1H. The van der Waals surface area contributed by atoms with Crippen LogP contribution in [0.1, 0.15) is 29.4 Å². The molecule has 0 saturated carbocycles. The summed E-state index contributed by atoms with van der Waals surface area (Å²) >= 11 is 1.07. The van der Waals surface area contributed by atoms with Gasteiger partial charge in [-0.2, -0.15) is 4.31 Å². The van der Waals surface area contributed by atoms with Crippen molar-refractivity contribution in [3.05, 3.63) is 16.3 Å². The van der Waals surface area contributed by atoms with Crippen molar-refractivity contribution in [3.63, 3.8) is 0 Å². The average Bonchev–Trinajstić information content (AvgIpc) is 2.96. The largest absolute Gasteiger partial charge is 0.465 e. The fourth-order valence-corrected chi connectivity index (χ4v) is 5.60. The molecular weight excluding hydrogens is 348 g/mol. The Morgan fingerprint density at radius 1 is 1.55 bits per heavy atom. The first kappa shape index (κ1) is 19.4. The van der Waals surface area contributed by atoms with Crippen molar-refractivity contribution >= 4 is 39.7 Å². The van der Waals surface area contributed by atoms with E-state index in [0.29, 0.717) is 12.5 Å². The number of piperidine rings is 1. The number of thiophene rings is 1. The number of nitrogens with two attached hydrogens (primary N) is 1. The molecule has 2 N–H and O–H groups in total. The van der Waals surface area contributed by atoms with Gasteiger partial charge >= 0.3 is 5.97 Å². The third kappa shape index (κ3) is 3.62. The zero-order valence-corrected chi connectivity index (χ0v) is 15.0. The van der Waals surface area contributed by atoms with Crippen molar-refractivity contribution in [1.82, 2.24) is 4.31 Å². The molecule has 0 aliphatic carbocycles. The van der Waals surface area contributed by atoms with Crippen LogP contribution in [0.15, 0.2) is 16.3 Å². The van der Waals surface area contributed by atoms with Crippen LogP contribution < -0.4 is 5.73 Å². The highest BCUT2D eigenvalue weighted by molar-refractivity contribution is 7.89. The minimum absolute atomic E-state index is 0. The molecule has 1 fully saturated rings. The summed E-state index contributed by atoms with van der Waals surface area (Å²) in [6, 6.07) is 1.24. The molecule has 1 aliphatic rings. The summed E-state index contributed by atoms with van der Waals surface area (Å²) in [5.41, 5.74) is 5.73. The lowest BCUT2D eigenvalue weighted by molar-refractivity contribution is 0.0602. The molecular formula is C13H21ClN2O4S2. The van der Waals surface area contributed by atoms with E-state index in [-0.39, 0.29) is 34.8 Å². The number of carbonyl (C=O) groups excluding carboxylic acids is 1. The molecule has 1 aromatic rings. The summed E-state index contributed by atoms with van der Waals surface area (Å²) in [7, 11) is -2.49. The molecule has 126 valence electrons. The Morgan fingerprint density at radius 3 is 2.82 bits per heavy atom. The van der Waals surface area contributed by atoms with Crippen molar-refractivity contribution in [3.8, 4) is 0 Å². The minimum Gasteiger partial charge on any atom is -0.465 e. The molecule has 9 heteroatoms. The molecule has 0 radical (unpaired) electrons. The highest BCUT2D eigenvalue weighted by Gasteiger charge is 2.37. The molecule has 1 saturated heterocycles. The lowest BCUT2D eigenvalue weighted by Gasteiger charge is -2.36. The van der Waals surface area contributed by atoms with Crippen molar-refractivity contribution in [2.45, 2.75) is 30.7 Å². The molecule has 6 nitrogen and oxygen atoms in total. The van der Waals surface area contributed by atoms with Crippen LogP contribution in [0.25, 0.3) is 0 Å². The van der Waals surface area contributed by atoms with Gasteiger partial charge in [0.15, 0.2) is 0 Å². The van der Waals surface area contributed by atoms with Crippen LogP contribution in [0, 0.1) is 5.92 Å². The maximum atomic E-state index is 12.8. The van der Waals surface area contributed by atoms with E-state index in [2.05, 4.69) is 11.7 Å². The number of hydrogen-bond donors (Lipinski definition) is 1. The highest BCUT2D eigenvalue weighted by atomic mass is 35.5. The van der Waals surface area contributed by atoms with Crippen molar-refractivity contribution < 1.29 is 17.9 Å². The molecule has 2 heterocycles. The van der Waals surface area contributed by atoms with E-state index in [1.807, 2.05) is 0 Å². The van der Waals surface area contributed by atoms with Crippen LogP contribution >= 0.6 is 23.7 Å². The van der Waals surface area contributed by atoms with Gasteiger partial charge in [0.05, 0.1) is 7.11 Å². The Balaban J connectivity index is 0.00000242. The summed E-state index contributed by atoms with van der Waals surface area (Å²) < 4.78 is 31.8. The molecule has 0 aromatic carbocycles. The Bertz CT molecular complexity index is 617. The number of rotatable bonds is 4. The van der Waals surface area contributed by atoms with E-state index < -0.39 is 16.0 Å². The molecule has 2 atom stereocenters. The minimum atomic E-state index is -3.73. The summed E-state index contributed by atoms with van der Waals surface area (Å²) in [4.78, 5) is 11.8. The third-order valence-corrected chi connectivity index (χ3v) is 6.80. The van der Waals surface area contributed by atoms with Gasteiger partial charge in [-0.15, -0.1) is 23.7 Å². The van der Waals surface area contributed by atoms with Crippen molar-refractivity contribution in [2.24, 2.45) is 11.7 Å². The van der Waals surface area contributed by atoms with Gasteiger partial charge in [0.25, 0.3) is 0 Å². The summed E-state index contributed by atoms with van der Waals surface area (Å²) in [5, 5.41) is 1.59. The van der Waals surface area contributed by atoms with Gasteiger partial charge in [0.2, 0.25) is 10.0 Å². The van der Waals surface area contributed by atoms with Crippen LogP contribution in [0.2, 0.25) is 0 Å². The topological polar surface area (TPSA) is 89.7 Å². The quantitative estimate of drug-likeness (QED) is 0.817. The zero-order chi connectivity index (χ0) is 15.6. The SMILES string of the molecule is COC(=O)c1sccc1S(=O)(=O)N1CCC(C)CC1CN.Cl. The fraction of sp³-hybridized carbons (Fsp3) is 0.615. The Morgan fingerprint density at radius 2 is 2.23 bits per heavy atom. The van der Waals surface area contributed by atoms with E-state index in [9.17, 15) is 13.2 Å². The van der Waals surface area contributed by atoms with Gasteiger partial charge in [-0.1, -0.05) is 6.92 Å². The smallest absolute Gasteiger partial charge is 0.349 e. The second kappa shape index (κ2) is 7.74. The second-order valence-electron chi connectivity index (χ2n) is 5.24. The molecule has 0 bridgehead atoms. The number of hydrogen-bond acceptors (Lipinski definition) is 6. The van der Waals surface area contributed by atoms with Crippen LogP contribution in [-0.2, 0) is 14.8 Å². The first-order chi connectivity index (χ1) is 9.91. The zero-order valence-electron chi connectivity index (χ0n) is 12.5. The summed E-state index contributed by atoms with van der Waals surface area (Å²) in [6.45, 7) is 2.81. The van der Waals surface area contributed by atoms with Gasteiger partial charge in [0.1, 0.15) is 9.77 Å². The third-order valence-electron chi connectivity index (χ3n) is 3.78. The van der Waals surface area contributed by atoms with Crippen molar-refractivity contribution in [2.75, 3.05) is 20.2 Å². The van der Waals surface area contributed by atoms with Crippen LogP contribution in [0.3, 0.4) is 0 Å². The molecule has 1 aliphatic heterocycles. The number of sulfonamides is 1. The van der Waals surface area contributed by atoms with Crippen LogP contribution in [0.4, 0.5) is 0 Å². The number of esters is 1. The van der Waals surface area contributed by atoms with Gasteiger partial charge in [-0.05, 0) is 30.2 Å². The average molecular weight is 369 g/mol. The highest BCUT2D eigenvalue weighted by Crippen LogP contribution is 2.31. The van der Waals surface area contributed by atoms with E-state index in [0.717, 1.165) is 24.2 Å². The van der Waals surface area contributed by atoms with Gasteiger partial charge in [0, 0.05) is 19.1 Å². The van der Waals surface area contributed by atoms with Crippen molar-refractivity contribution in [1.29, 1.82) is 0 Å². The molecule has 0 amide bonds. The normalized spacial score (nSPS) is 22.9. The van der Waals surface area contributed by atoms with E-state index in [1.54, 1.807) is 5.38 Å². The van der Waals surface area contributed by atoms with E-state index in [1.165, 1.54) is 17.5 Å². The first-order valence-electron chi connectivity index (χ1n) is 6.79. The predicted molar refractivity (Wildman–Crippen MR) is 88.0 cm³/mol. The lowest BCUT2D eigenvalue weighted by atomic mass is 9.94. The number of methoxy groups -OCH3 is 1. The maximum Gasteiger partial charge on any atom is 0.349 e. The molecule has 0 spiro atoms. The van der Waals surface area contributed by atoms with Crippen LogP contribution in [0.5, 0.6) is 0 Å². The second-order valence-corrected chi connectivity index (χ2v) is 8.02. The predicted octanol–water partition coefficient (Wildman–Crippen LogP) is 1.70. The summed E-state index contributed by atoms with van der Waals surface area (Å²) in [6.07, 6.45) is 1.54. The number of nitrogens with zero attached hydrogens (tertiary/aromatic N) is 1. The first-order valence-corrected chi connectivity index (χ1v) is 9.11. The lowest BCUT2D eigenvalue weighted by Crippen LogP contribution is -2.49. The number of ether oxygens (including phenoxy) is 1. The number of carbonyl (C=O) groups is 1. The van der Waals surface area contributed by atoms with E-state index in [4.69, 9.17) is 5.73 Å². The van der Waals surface area contributed by atoms with Gasteiger partial charge in [-0.3, -0.25) is 0 Å². The monoisotopic (exact) mass is 368 g/mol. The molecule has 22 heavy (non-hydrogen) atoms.